The molecule has 0 saturated heterocycles. The zero-order valence-electron chi connectivity index (χ0n) is 18.5. The lowest BCUT2D eigenvalue weighted by molar-refractivity contribution is -0.146. The Morgan fingerprint density at radius 3 is 2.21 bits per heavy atom. The molecule has 0 bridgehead atoms. The number of nitrogens with zero attached hydrogens (tertiary/aromatic N) is 1. The molecule has 1 rings (SSSR count). The Bertz CT molecular complexity index is 667. The highest BCUT2D eigenvalue weighted by atomic mass is 16.5. The molecule has 1 aromatic rings. The summed E-state index contributed by atoms with van der Waals surface area (Å²) in [6.45, 7) is 14.7. The first-order chi connectivity index (χ1) is 13.2. The molecular formula is C23H36N2O3. The molecule has 5 nitrogen and oxygen atoms in total. The highest BCUT2D eigenvalue weighted by Crippen LogP contribution is 2.32. The first kappa shape index (κ1) is 24.0. The molecule has 0 saturated carbocycles. The van der Waals surface area contributed by atoms with Gasteiger partial charge in [0, 0.05) is 12.7 Å². The molecule has 28 heavy (non-hydrogen) atoms. The molecule has 1 amide bonds. The Labute approximate surface area is 170 Å². The fourth-order valence-electron chi connectivity index (χ4n) is 3.40. The molecule has 0 spiro atoms. The van der Waals surface area contributed by atoms with E-state index in [4.69, 9.17) is 9.47 Å². The zero-order valence-corrected chi connectivity index (χ0v) is 18.5. The summed E-state index contributed by atoms with van der Waals surface area (Å²) in [5, 5.41) is 12.5. The number of carbonyl (C=O) groups excluding carboxylic acids is 1. The third-order valence-electron chi connectivity index (χ3n) is 4.58. The van der Waals surface area contributed by atoms with Gasteiger partial charge in [0.2, 0.25) is 0 Å². The third-order valence-corrected chi connectivity index (χ3v) is 4.58. The van der Waals surface area contributed by atoms with Crippen LogP contribution in [0.2, 0.25) is 0 Å². The van der Waals surface area contributed by atoms with Crippen LogP contribution in [0, 0.1) is 23.2 Å². The van der Waals surface area contributed by atoms with Crippen LogP contribution in [0.25, 0.3) is 0 Å². The maximum absolute atomic E-state index is 13.3. The van der Waals surface area contributed by atoms with Crippen LogP contribution in [0.1, 0.15) is 73.3 Å². The topological polar surface area (TPSA) is 71.3 Å². The monoisotopic (exact) mass is 388 g/mol. The number of nitrogens with one attached hydrogen (secondary N) is 1. The highest BCUT2D eigenvalue weighted by molar-refractivity contribution is 5.98. The van der Waals surface area contributed by atoms with Gasteiger partial charge in [0.05, 0.1) is 17.4 Å². The van der Waals surface area contributed by atoms with Crippen molar-refractivity contribution in [2.45, 2.75) is 79.4 Å². The van der Waals surface area contributed by atoms with Crippen LogP contribution in [0.3, 0.4) is 0 Å². The van der Waals surface area contributed by atoms with E-state index in [0.717, 1.165) is 6.42 Å². The van der Waals surface area contributed by atoms with Crippen molar-refractivity contribution in [1.29, 1.82) is 5.26 Å². The van der Waals surface area contributed by atoms with E-state index in [0.29, 0.717) is 48.3 Å². The first-order valence-electron chi connectivity index (χ1n) is 10.3. The SMILES string of the molecule is CCOC(CC(C)C)(CC(C)C)C(=O)Nc1ccc(O[C@@H](C)CC)cc1C#N. The molecule has 0 radical (unpaired) electrons. The van der Waals surface area contributed by atoms with E-state index in [1.54, 1.807) is 18.2 Å². The average molecular weight is 389 g/mol. The fourth-order valence-corrected chi connectivity index (χ4v) is 3.40. The van der Waals surface area contributed by atoms with Crippen LogP contribution in [-0.4, -0.2) is 24.2 Å². The molecule has 1 atom stereocenters. The van der Waals surface area contributed by atoms with E-state index >= 15 is 0 Å². The van der Waals surface area contributed by atoms with Gasteiger partial charge in [-0.05, 0) is 57.1 Å². The number of rotatable bonds is 11. The number of amides is 1. The minimum absolute atomic E-state index is 0.0645. The lowest BCUT2D eigenvalue weighted by Crippen LogP contribution is -2.47. The predicted octanol–water partition coefficient (Wildman–Crippen LogP) is 5.54. The van der Waals surface area contributed by atoms with Crippen LogP contribution in [-0.2, 0) is 9.53 Å². The van der Waals surface area contributed by atoms with Gasteiger partial charge < -0.3 is 14.8 Å². The fraction of sp³-hybridized carbons (Fsp3) is 0.652. The lowest BCUT2D eigenvalue weighted by Gasteiger charge is -2.35. The van der Waals surface area contributed by atoms with Crippen LogP contribution in [0.4, 0.5) is 5.69 Å². The summed E-state index contributed by atoms with van der Waals surface area (Å²) in [7, 11) is 0. The van der Waals surface area contributed by atoms with E-state index in [1.165, 1.54) is 0 Å². The lowest BCUT2D eigenvalue weighted by atomic mass is 9.83. The summed E-state index contributed by atoms with van der Waals surface area (Å²) in [6.07, 6.45) is 2.20. The quantitative estimate of drug-likeness (QED) is 0.540. The molecule has 0 aromatic heterocycles. The smallest absolute Gasteiger partial charge is 0.256 e. The molecule has 0 fully saturated rings. The number of hydrogen-bond donors (Lipinski definition) is 1. The molecule has 1 N–H and O–H groups in total. The predicted molar refractivity (Wildman–Crippen MR) is 113 cm³/mol. The molecule has 0 aliphatic heterocycles. The van der Waals surface area contributed by atoms with Gasteiger partial charge >= 0.3 is 0 Å². The average Bonchev–Trinajstić information content (AvgIpc) is 2.61. The van der Waals surface area contributed by atoms with E-state index in [1.807, 2.05) is 20.8 Å². The molecule has 0 aliphatic rings. The van der Waals surface area contributed by atoms with Crippen LogP contribution >= 0.6 is 0 Å². The molecule has 156 valence electrons. The maximum Gasteiger partial charge on any atom is 0.256 e. The molecule has 0 unspecified atom stereocenters. The third kappa shape index (κ3) is 6.83. The Balaban J connectivity index is 3.16. The molecular weight excluding hydrogens is 352 g/mol. The normalized spacial score (nSPS) is 12.7. The Hall–Kier alpha value is -2.06. The summed E-state index contributed by atoms with van der Waals surface area (Å²) in [5.41, 5.74) is -0.0374. The number of carbonyl (C=O) groups is 1. The van der Waals surface area contributed by atoms with Crippen molar-refractivity contribution >= 4 is 11.6 Å². The first-order valence-corrected chi connectivity index (χ1v) is 10.3. The van der Waals surface area contributed by atoms with Crippen molar-refractivity contribution in [1.82, 2.24) is 0 Å². The summed E-state index contributed by atoms with van der Waals surface area (Å²) >= 11 is 0. The summed E-state index contributed by atoms with van der Waals surface area (Å²) < 4.78 is 11.8. The van der Waals surface area contributed by atoms with E-state index in [-0.39, 0.29) is 12.0 Å². The Morgan fingerprint density at radius 2 is 1.75 bits per heavy atom. The zero-order chi connectivity index (χ0) is 21.3. The van der Waals surface area contributed by atoms with E-state index in [2.05, 4.69) is 39.1 Å². The highest BCUT2D eigenvalue weighted by Gasteiger charge is 2.40. The number of hydrogen-bond acceptors (Lipinski definition) is 4. The van der Waals surface area contributed by atoms with Gasteiger partial charge in [0.1, 0.15) is 17.4 Å². The van der Waals surface area contributed by atoms with Crippen molar-refractivity contribution in [2.75, 3.05) is 11.9 Å². The number of anilines is 1. The van der Waals surface area contributed by atoms with Crippen LogP contribution in [0.5, 0.6) is 5.75 Å². The minimum atomic E-state index is -0.907. The summed E-state index contributed by atoms with van der Waals surface area (Å²) in [4.78, 5) is 13.3. The van der Waals surface area contributed by atoms with Gasteiger partial charge in [-0.3, -0.25) is 4.79 Å². The van der Waals surface area contributed by atoms with Crippen LogP contribution in [0.15, 0.2) is 18.2 Å². The maximum atomic E-state index is 13.3. The van der Waals surface area contributed by atoms with Gasteiger partial charge in [0.15, 0.2) is 0 Å². The Kier molecular flexibility index (Phi) is 9.48. The molecule has 5 heteroatoms. The number of nitriles is 1. The summed E-state index contributed by atoms with van der Waals surface area (Å²) in [5.74, 6) is 1.05. The molecule has 0 aliphatic carbocycles. The van der Waals surface area contributed by atoms with Crippen molar-refractivity contribution < 1.29 is 14.3 Å². The van der Waals surface area contributed by atoms with Crippen molar-refractivity contribution in [3.63, 3.8) is 0 Å². The molecule has 1 aromatic carbocycles. The van der Waals surface area contributed by atoms with Gasteiger partial charge in [-0.2, -0.15) is 5.26 Å². The van der Waals surface area contributed by atoms with Gasteiger partial charge in [-0.1, -0.05) is 34.6 Å². The van der Waals surface area contributed by atoms with Gasteiger partial charge in [-0.25, -0.2) is 0 Å². The Morgan fingerprint density at radius 1 is 1.14 bits per heavy atom. The second-order valence-corrected chi connectivity index (χ2v) is 8.23. The second-order valence-electron chi connectivity index (χ2n) is 8.23. The second kappa shape index (κ2) is 11.1. The standard InChI is InChI=1S/C23H36N2O3/c1-8-18(7)28-20-10-11-21(19(12-20)15-24)25-22(26)23(27-9-2,13-16(3)4)14-17(5)6/h10-12,16-18H,8-9,13-14H2,1-7H3,(H,25,26)/t18-/m0/s1. The number of benzene rings is 1. The van der Waals surface area contributed by atoms with Crippen LogP contribution < -0.4 is 10.1 Å². The van der Waals surface area contributed by atoms with Crippen molar-refractivity contribution in [2.24, 2.45) is 11.8 Å². The van der Waals surface area contributed by atoms with E-state index < -0.39 is 5.60 Å². The number of ether oxygens (including phenoxy) is 2. The van der Waals surface area contributed by atoms with Gasteiger partial charge in [-0.15, -0.1) is 0 Å². The van der Waals surface area contributed by atoms with E-state index in [9.17, 15) is 10.1 Å². The molecule has 0 heterocycles. The summed E-state index contributed by atoms with van der Waals surface area (Å²) in [6, 6.07) is 7.36. The van der Waals surface area contributed by atoms with Crippen molar-refractivity contribution in [3.05, 3.63) is 23.8 Å². The minimum Gasteiger partial charge on any atom is -0.491 e. The largest absolute Gasteiger partial charge is 0.491 e. The van der Waals surface area contributed by atoms with Gasteiger partial charge in [0.25, 0.3) is 5.91 Å². The van der Waals surface area contributed by atoms with Crippen molar-refractivity contribution in [3.8, 4) is 11.8 Å².